The van der Waals surface area contributed by atoms with Crippen LogP contribution in [-0.2, 0) is 16.1 Å². The van der Waals surface area contributed by atoms with Crippen LogP contribution in [0.25, 0.3) is 0 Å². The molecule has 1 rings (SSSR count). The maximum Gasteiger partial charge on any atom is 0.322 e. The van der Waals surface area contributed by atoms with Gasteiger partial charge in [0.25, 0.3) is 0 Å². The molecule has 0 saturated heterocycles. The van der Waals surface area contributed by atoms with Crippen molar-refractivity contribution < 1.29 is 10.9 Å². The molecule has 0 amide bonds. The second-order valence-corrected chi connectivity index (χ2v) is 3.69. The van der Waals surface area contributed by atoms with Gasteiger partial charge in [0.15, 0.2) is 0 Å². The Balaban J connectivity index is 2.76. The average Bonchev–Trinajstić information content (AvgIpc) is 2.24. The molecule has 1 atom stereocenters. The molecule has 0 aliphatic heterocycles. The second kappa shape index (κ2) is 4.94. The lowest BCUT2D eigenvalue weighted by Crippen LogP contribution is -2.28. The number of carbonyl (C=O) groups is 1. The molecular weight excluding hydrogens is 190 g/mol. The molecule has 0 fully saturated rings. The number of carbonyl (C=O) groups excluding carboxylic acids is 1. The first-order valence-electron chi connectivity index (χ1n) is 5.41. The molecule has 1 aromatic carbocycles. The molecule has 2 N–H and O–H groups in total. The molecule has 0 spiro atoms. The number of hydrogen-bond donors (Lipinski definition) is 1. The minimum atomic E-state index is -0.624. The monoisotopic (exact) mass is 208 g/mol. The first kappa shape index (κ1) is 10.2. The molecular formula is C12H17NO2. The van der Waals surface area contributed by atoms with E-state index in [-0.39, 0.29) is 6.61 Å². The Labute approximate surface area is 91.6 Å². The molecule has 0 radical (unpaired) electrons. The summed E-state index contributed by atoms with van der Waals surface area (Å²) in [4.78, 5) is 11.2. The molecule has 82 valence electrons. The number of nitrogens with two attached hydrogens (primary N) is 1. The number of aryl methyl sites for hydroxylation is 1. The molecule has 0 heterocycles. The summed E-state index contributed by atoms with van der Waals surface area (Å²) in [5, 5.41) is 0. The van der Waals surface area contributed by atoms with Crippen molar-refractivity contribution in [2.75, 3.05) is 0 Å². The van der Waals surface area contributed by atoms with Crippen LogP contribution in [0.4, 0.5) is 0 Å². The smallest absolute Gasteiger partial charge is 0.322 e. The van der Waals surface area contributed by atoms with Gasteiger partial charge in [0, 0.05) is 0 Å². The Morgan fingerprint density at radius 2 is 2.20 bits per heavy atom. The summed E-state index contributed by atoms with van der Waals surface area (Å²) in [6.07, 6.45) is 0. The molecule has 0 bridgehead atoms. The third kappa shape index (κ3) is 3.36. The molecule has 0 aromatic heterocycles. The zero-order chi connectivity index (χ0) is 12.3. The van der Waals surface area contributed by atoms with E-state index in [4.69, 9.17) is 11.8 Å². The van der Waals surface area contributed by atoms with Crippen molar-refractivity contribution >= 4 is 5.97 Å². The van der Waals surface area contributed by atoms with E-state index in [0.29, 0.717) is 11.6 Å². The first-order valence-corrected chi connectivity index (χ1v) is 4.91. The number of rotatable bonds is 3. The highest BCUT2D eigenvalue weighted by Crippen LogP contribution is 2.10. The van der Waals surface area contributed by atoms with Gasteiger partial charge < -0.3 is 10.5 Å². The lowest BCUT2D eigenvalue weighted by molar-refractivity contribution is -0.146. The Hall–Kier alpha value is -1.35. The van der Waals surface area contributed by atoms with Crippen LogP contribution in [0, 0.1) is 13.8 Å². The quantitative estimate of drug-likeness (QED) is 0.769. The molecule has 0 aliphatic carbocycles. The molecule has 3 nitrogen and oxygen atoms in total. The summed E-state index contributed by atoms with van der Waals surface area (Å²) in [6, 6.07) is 3.53. The zero-order valence-corrected chi connectivity index (χ0v) is 9.33. The lowest BCUT2D eigenvalue weighted by Gasteiger charge is -2.08. The zero-order valence-electron chi connectivity index (χ0n) is 10.3. The van der Waals surface area contributed by atoms with E-state index in [0.717, 1.165) is 11.1 Å². The maximum atomic E-state index is 11.2. The minimum Gasteiger partial charge on any atom is -0.460 e. The number of hydrogen-bond acceptors (Lipinski definition) is 3. The van der Waals surface area contributed by atoms with E-state index in [1.165, 1.54) is 0 Å². The second-order valence-electron chi connectivity index (χ2n) is 3.69. The van der Waals surface area contributed by atoms with Gasteiger partial charge in [-0.3, -0.25) is 4.79 Å². The van der Waals surface area contributed by atoms with E-state index < -0.39 is 12.0 Å². The third-order valence-corrected chi connectivity index (χ3v) is 2.22. The standard InChI is InChI=1S/C12H17NO2/c1-8-4-5-11(6-9(8)2)7-15-12(14)10(3)13/h4-6,10H,7,13H2,1-3H3/t10-/m0/s1/i6D. The fourth-order valence-corrected chi connectivity index (χ4v) is 1.10. The van der Waals surface area contributed by atoms with Crippen molar-refractivity contribution in [1.82, 2.24) is 0 Å². The van der Waals surface area contributed by atoms with Crippen molar-refractivity contribution in [3.63, 3.8) is 0 Å². The summed E-state index contributed by atoms with van der Waals surface area (Å²) in [5.74, 6) is -0.447. The predicted molar refractivity (Wildman–Crippen MR) is 59.4 cm³/mol. The minimum absolute atomic E-state index is 0.111. The predicted octanol–water partition coefficient (Wildman–Crippen LogP) is 1.69. The normalized spacial score (nSPS) is 13.2. The van der Waals surface area contributed by atoms with Crippen LogP contribution in [0.1, 0.15) is 25.0 Å². The summed E-state index contributed by atoms with van der Waals surface area (Å²) >= 11 is 0. The molecule has 1 aromatic rings. The molecule has 0 aliphatic rings. The van der Waals surface area contributed by atoms with Crippen molar-refractivity contribution in [3.8, 4) is 0 Å². The Morgan fingerprint density at radius 3 is 2.80 bits per heavy atom. The molecule has 0 unspecified atom stereocenters. The van der Waals surface area contributed by atoms with Crippen LogP contribution in [0.5, 0.6) is 0 Å². The van der Waals surface area contributed by atoms with Crippen LogP contribution in [0.15, 0.2) is 18.2 Å². The number of esters is 1. The summed E-state index contributed by atoms with van der Waals surface area (Å²) in [7, 11) is 0. The fraction of sp³-hybridized carbons (Fsp3) is 0.417. The number of benzene rings is 1. The Kier molecular flexibility index (Phi) is 3.35. The van der Waals surface area contributed by atoms with E-state index >= 15 is 0 Å². The van der Waals surface area contributed by atoms with Gasteiger partial charge in [-0.05, 0) is 37.5 Å². The summed E-state index contributed by atoms with van der Waals surface area (Å²) in [6.45, 7) is 5.52. The molecule has 15 heavy (non-hydrogen) atoms. The van der Waals surface area contributed by atoms with Gasteiger partial charge in [0.2, 0.25) is 0 Å². The van der Waals surface area contributed by atoms with E-state index in [2.05, 4.69) is 0 Å². The van der Waals surface area contributed by atoms with E-state index in [9.17, 15) is 4.79 Å². The lowest BCUT2D eigenvalue weighted by atomic mass is 10.1. The SMILES string of the molecule is [2H]c1c(COC(=O)[C@H](C)N)ccc(C)c1C. The van der Waals surface area contributed by atoms with Crippen LogP contribution < -0.4 is 5.73 Å². The van der Waals surface area contributed by atoms with Crippen molar-refractivity contribution in [3.05, 3.63) is 34.9 Å². The van der Waals surface area contributed by atoms with Crippen molar-refractivity contribution in [2.24, 2.45) is 5.73 Å². The maximum absolute atomic E-state index is 11.2. The van der Waals surface area contributed by atoms with Gasteiger partial charge in [0.1, 0.15) is 12.6 Å². The number of ether oxygens (including phenoxy) is 1. The summed E-state index contributed by atoms with van der Waals surface area (Å²) in [5.41, 5.74) is 8.05. The van der Waals surface area contributed by atoms with Gasteiger partial charge in [-0.15, -0.1) is 0 Å². The van der Waals surface area contributed by atoms with Crippen LogP contribution in [0.3, 0.4) is 0 Å². The van der Waals surface area contributed by atoms with Gasteiger partial charge in [-0.2, -0.15) is 0 Å². The van der Waals surface area contributed by atoms with Gasteiger partial charge in [-0.1, -0.05) is 18.2 Å². The van der Waals surface area contributed by atoms with Gasteiger partial charge >= 0.3 is 5.97 Å². The van der Waals surface area contributed by atoms with Crippen LogP contribution in [-0.4, -0.2) is 12.0 Å². The Morgan fingerprint density at radius 1 is 1.53 bits per heavy atom. The third-order valence-electron chi connectivity index (χ3n) is 2.22. The largest absolute Gasteiger partial charge is 0.460 e. The highest BCUT2D eigenvalue weighted by molar-refractivity contribution is 5.74. The van der Waals surface area contributed by atoms with Crippen molar-refractivity contribution in [2.45, 2.75) is 33.4 Å². The van der Waals surface area contributed by atoms with E-state index in [1.54, 1.807) is 13.0 Å². The highest BCUT2D eigenvalue weighted by Gasteiger charge is 2.08. The van der Waals surface area contributed by atoms with Gasteiger partial charge in [0.05, 0.1) is 1.37 Å². The molecule has 3 heteroatoms. The van der Waals surface area contributed by atoms with Gasteiger partial charge in [-0.25, -0.2) is 0 Å². The fourth-order valence-electron chi connectivity index (χ4n) is 1.10. The highest BCUT2D eigenvalue weighted by atomic mass is 16.5. The van der Waals surface area contributed by atoms with E-state index in [1.807, 2.05) is 19.9 Å². The molecule has 0 saturated carbocycles. The average molecular weight is 208 g/mol. The van der Waals surface area contributed by atoms with Crippen molar-refractivity contribution in [1.29, 1.82) is 0 Å². The van der Waals surface area contributed by atoms with Crippen LogP contribution >= 0.6 is 0 Å². The Bertz CT molecular complexity index is 402. The van der Waals surface area contributed by atoms with Crippen LogP contribution in [0.2, 0.25) is 0 Å². The first-order chi connectivity index (χ1) is 7.43. The summed E-state index contributed by atoms with van der Waals surface area (Å²) < 4.78 is 12.8. The topological polar surface area (TPSA) is 52.3 Å².